The Labute approximate surface area is 107 Å². The van der Waals surface area contributed by atoms with Crippen molar-refractivity contribution in [2.24, 2.45) is 5.92 Å². The minimum Gasteiger partial charge on any atom is -0.394 e. The van der Waals surface area contributed by atoms with Gasteiger partial charge in [0.15, 0.2) is 0 Å². The molecular formula is C14H19NO3. The zero-order valence-electron chi connectivity index (χ0n) is 10.5. The smallest absolute Gasteiger partial charge is 0.226 e. The lowest BCUT2D eigenvalue weighted by Crippen LogP contribution is -2.38. The predicted molar refractivity (Wildman–Crippen MR) is 67.9 cm³/mol. The summed E-state index contributed by atoms with van der Waals surface area (Å²) in [5.74, 6) is -0.148. The van der Waals surface area contributed by atoms with E-state index in [9.17, 15) is 9.90 Å². The number of rotatable bonds is 4. The zero-order valence-corrected chi connectivity index (χ0v) is 10.5. The van der Waals surface area contributed by atoms with E-state index in [1.807, 2.05) is 37.3 Å². The Balaban J connectivity index is 2.00. The van der Waals surface area contributed by atoms with Crippen LogP contribution in [0.25, 0.3) is 0 Å². The van der Waals surface area contributed by atoms with Gasteiger partial charge in [0.1, 0.15) is 0 Å². The van der Waals surface area contributed by atoms with E-state index in [-0.39, 0.29) is 30.6 Å². The van der Waals surface area contributed by atoms with Gasteiger partial charge >= 0.3 is 0 Å². The van der Waals surface area contributed by atoms with Gasteiger partial charge in [-0.2, -0.15) is 0 Å². The fourth-order valence-electron chi connectivity index (χ4n) is 2.27. The SMILES string of the molecule is CC1OCCC1C(=O)NC(CO)c1ccccc1. The van der Waals surface area contributed by atoms with Gasteiger partial charge in [0.25, 0.3) is 0 Å². The fraction of sp³-hybridized carbons (Fsp3) is 0.500. The molecule has 1 amide bonds. The number of carbonyl (C=O) groups is 1. The summed E-state index contributed by atoms with van der Waals surface area (Å²) in [6.07, 6.45) is 0.708. The van der Waals surface area contributed by atoms with Gasteiger partial charge in [-0.05, 0) is 18.9 Å². The molecule has 0 aliphatic carbocycles. The molecule has 98 valence electrons. The summed E-state index contributed by atoms with van der Waals surface area (Å²) in [7, 11) is 0. The lowest BCUT2D eigenvalue weighted by molar-refractivity contribution is -0.127. The third-order valence-electron chi connectivity index (χ3n) is 3.41. The molecule has 2 N–H and O–H groups in total. The van der Waals surface area contributed by atoms with Crippen LogP contribution < -0.4 is 5.32 Å². The van der Waals surface area contributed by atoms with Crippen molar-refractivity contribution >= 4 is 5.91 Å². The highest BCUT2D eigenvalue weighted by molar-refractivity contribution is 5.80. The first kappa shape index (κ1) is 13.1. The first-order valence-electron chi connectivity index (χ1n) is 6.30. The number of nitrogens with one attached hydrogen (secondary N) is 1. The van der Waals surface area contributed by atoms with Crippen LogP contribution in [0.4, 0.5) is 0 Å². The quantitative estimate of drug-likeness (QED) is 0.844. The predicted octanol–water partition coefficient (Wildman–Crippen LogP) is 1.26. The Morgan fingerprint density at radius 3 is 2.78 bits per heavy atom. The highest BCUT2D eigenvalue weighted by Gasteiger charge is 2.31. The number of carbonyl (C=O) groups excluding carboxylic acids is 1. The van der Waals surface area contributed by atoms with Crippen molar-refractivity contribution in [1.29, 1.82) is 0 Å². The average molecular weight is 249 g/mol. The summed E-state index contributed by atoms with van der Waals surface area (Å²) in [6, 6.07) is 9.15. The van der Waals surface area contributed by atoms with Crippen LogP contribution in [0, 0.1) is 5.92 Å². The van der Waals surface area contributed by atoms with Crippen LogP contribution in [0.1, 0.15) is 24.9 Å². The number of ether oxygens (including phenoxy) is 1. The van der Waals surface area contributed by atoms with Gasteiger partial charge in [-0.15, -0.1) is 0 Å². The maximum absolute atomic E-state index is 12.1. The van der Waals surface area contributed by atoms with E-state index >= 15 is 0 Å². The van der Waals surface area contributed by atoms with E-state index in [1.165, 1.54) is 0 Å². The summed E-state index contributed by atoms with van der Waals surface area (Å²) in [6.45, 7) is 2.44. The van der Waals surface area contributed by atoms with E-state index in [1.54, 1.807) is 0 Å². The standard InChI is InChI=1S/C14H19NO3/c1-10-12(7-8-18-10)14(17)15-13(9-16)11-5-3-2-4-6-11/h2-6,10,12-13,16H,7-9H2,1H3,(H,15,17). The van der Waals surface area contributed by atoms with Crippen LogP contribution in [-0.2, 0) is 9.53 Å². The van der Waals surface area contributed by atoms with Gasteiger partial charge < -0.3 is 15.2 Å². The average Bonchev–Trinajstić information content (AvgIpc) is 2.83. The molecule has 1 saturated heterocycles. The number of amides is 1. The molecule has 1 heterocycles. The lowest BCUT2D eigenvalue weighted by Gasteiger charge is -2.20. The van der Waals surface area contributed by atoms with E-state index in [2.05, 4.69) is 5.32 Å². The molecule has 2 rings (SSSR count). The molecule has 1 aromatic carbocycles. The van der Waals surface area contributed by atoms with Crippen molar-refractivity contribution in [1.82, 2.24) is 5.32 Å². The zero-order chi connectivity index (χ0) is 13.0. The lowest BCUT2D eigenvalue weighted by atomic mass is 10.00. The van der Waals surface area contributed by atoms with Gasteiger partial charge in [0.05, 0.1) is 24.7 Å². The minimum atomic E-state index is -0.341. The van der Waals surface area contributed by atoms with E-state index in [4.69, 9.17) is 4.74 Å². The summed E-state index contributed by atoms with van der Waals surface area (Å²) >= 11 is 0. The topological polar surface area (TPSA) is 58.6 Å². The Morgan fingerprint density at radius 1 is 1.50 bits per heavy atom. The highest BCUT2D eigenvalue weighted by atomic mass is 16.5. The number of aliphatic hydroxyl groups excluding tert-OH is 1. The third-order valence-corrected chi connectivity index (χ3v) is 3.41. The minimum absolute atomic E-state index is 0.0390. The molecule has 1 fully saturated rings. The second-order valence-electron chi connectivity index (χ2n) is 4.63. The maximum Gasteiger partial charge on any atom is 0.226 e. The first-order chi connectivity index (χ1) is 8.72. The first-order valence-corrected chi connectivity index (χ1v) is 6.30. The van der Waals surface area contributed by atoms with Crippen molar-refractivity contribution in [3.05, 3.63) is 35.9 Å². The van der Waals surface area contributed by atoms with Crippen LogP contribution in [-0.4, -0.2) is 30.3 Å². The maximum atomic E-state index is 12.1. The summed E-state index contributed by atoms with van der Waals surface area (Å²) in [4.78, 5) is 12.1. The Morgan fingerprint density at radius 2 is 2.22 bits per heavy atom. The van der Waals surface area contributed by atoms with Gasteiger partial charge in [0, 0.05) is 6.61 Å². The van der Waals surface area contributed by atoms with Crippen molar-refractivity contribution in [3.63, 3.8) is 0 Å². The van der Waals surface area contributed by atoms with Crippen LogP contribution in [0.2, 0.25) is 0 Å². The Bertz CT molecular complexity index is 393. The molecule has 1 aliphatic rings. The van der Waals surface area contributed by atoms with E-state index in [0.29, 0.717) is 6.61 Å². The molecule has 1 aromatic rings. The highest BCUT2D eigenvalue weighted by Crippen LogP contribution is 2.22. The number of hydrogen-bond acceptors (Lipinski definition) is 3. The summed E-state index contributed by atoms with van der Waals surface area (Å²) in [5.41, 5.74) is 0.917. The Hall–Kier alpha value is -1.39. The molecule has 0 radical (unpaired) electrons. The second-order valence-corrected chi connectivity index (χ2v) is 4.63. The fourth-order valence-corrected chi connectivity index (χ4v) is 2.27. The van der Waals surface area contributed by atoms with Crippen LogP contribution in [0.15, 0.2) is 30.3 Å². The molecule has 18 heavy (non-hydrogen) atoms. The number of aliphatic hydroxyl groups is 1. The molecule has 0 bridgehead atoms. The van der Waals surface area contributed by atoms with Crippen LogP contribution >= 0.6 is 0 Å². The van der Waals surface area contributed by atoms with Crippen LogP contribution in [0.5, 0.6) is 0 Å². The molecule has 0 aromatic heterocycles. The van der Waals surface area contributed by atoms with Crippen LogP contribution in [0.3, 0.4) is 0 Å². The number of hydrogen-bond donors (Lipinski definition) is 2. The third kappa shape index (κ3) is 2.89. The van der Waals surface area contributed by atoms with Gasteiger partial charge in [-0.25, -0.2) is 0 Å². The summed E-state index contributed by atoms with van der Waals surface area (Å²) < 4.78 is 5.38. The van der Waals surface area contributed by atoms with Crippen molar-refractivity contribution in [2.45, 2.75) is 25.5 Å². The molecule has 3 unspecified atom stereocenters. The molecular weight excluding hydrogens is 230 g/mol. The van der Waals surface area contributed by atoms with Crippen molar-refractivity contribution < 1.29 is 14.6 Å². The van der Waals surface area contributed by atoms with Gasteiger partial charge in [0.2, 0.25) is 5.91 Å². The monoisotopic (exact) mass is 249 g/mol. The van der Waals surface area contributed by atoms with Gasteiger partial charge in [-0.3, -0.25) is 4.79 Å². The van der Waals surface area contributed by atoms with Gasteiger partial charge in [-0.1, -0.05) is 30.3 Å². The second kappa shape index (κ2) is 5.98. The molecule has 0 spiro atoms. The largest absolute Gasteiger partial charge is 0.394 e. The number of benzene rings is 1. The van der Waals surface area contributed by atoms with E-state index in [0.717, 1.165) is 12.0 Å². The Kier molecular flexibility index (Phi) is 4.33. The molecule has 3 atom stereocenters. The molecule has 0 saturated carbocycles. The summed E-state index contributed by atoms with van der Waals surface area (Å²) in [5, 5.41) is 12.3. The van der Waals surface area contributed by atoms with Crippen molar-refractivity contribution in [3.8, 4) is 0 Å². The molecule has 4 heteroatoms. The van der Waals surface area contributed by atoms with E-state index < -0.39 is 0 Å². The van der Waals surface area contributed by atoms with Crippen molar-refractivity contribution in [2.75, 3.05) is 13.2 Å². The molecule has 4 nitrogen and oxygen atoms in total. The molecule has 1 aliphatic heterocycles. The normalized spacial score (nSPS) is 24.8.